The maximum atomic E-state index is 2.20. The molecule has 0 atom stereocenters. The van der Waals surface area contributed by atoms with Gasteiger partial charge in [0.15, 0.2) is 0 Å². The summed E-state index contributed by atoms with van der Waals surface area (Å²) in [5, 5.41) is 3.47. The molecule has 1 aromatic heterocycles. The molecule has 0 radical (unpaired) electrons. The molecule has 0 fully saturated rings. The number of thiophene rings is 1. The fourth-order valence-corrected chi connectivity index (χ4v) is 3.61. The van der Waals surface area contributed by atoms with E-state index in [1.54, 1.807) is 11.3 Å². The zero-order valence-electron chi connectivity index (χ0n) is 10.5. The average molecular weight is 282 g/mol. The van der Waals surface area contributed by atoms with Crippen LogP contribution >= 0.6 is 23.1 Å². The van der Waals surface area contributed by atoms with Crippen LogP contribution in [0.4, 0.5) is 0 Å². The third-order valence-corrected chi connectivity index (χ3v) is 4.85. The van der Waals surface area contributed by atoms with Crippen LogP contribution in [-0.2, 0) is 0 Å². The number of rotatable bonds is 0. The molecule has 2 heterocycles. The molecule has 0 saturated carbocycles. The molecule has 0 saturated heterocycles. The first-order valence-electron chi connectivity index (χ1n) is 6.24. The van der Waals surface area contributed by atoms with E-state index >= 15 is 0 Å². The Morgan fingerprint density at radius 1 is 0.842 bits per heavy atom. The quantitative estimate of drug-likeness (QED) is 0.509. The summed E-state index contributed by atoms with van der Waals surface area (Å²) in [6.45, 7) is 0. The molecule has 2 aromatic carbocycles. The Morgan fingerprint density at radius 3 is 2.58 bits per heavy atom. The van der Waals surface area contributed by atoms with Gasteiger partial charge >= 0.3 is 0 Å². The Labute approximate surface area is 121 Å². The average Bonchev–Trinajstić information content (AvgIpc) is 2.96. The molecule has 2 heteroatoms. The van der Waals surface area contributed by atoms with Crippen LogP contribution in [0.2, 0.25) is 0 Å². The minimum absolute atomic E-state index is 1.12. The molecular weight excluding hydrogens is 268 g/mol. The van der Waals surface area contributed by atoms with Crippen LogP contribution in [-0.4, -0.2) is 5.75 Å². The van der Waals surface area contributed by atoms with Gasteiger partial charge in [-0.1, -0.05) is 48.6 Å². The molecule has 0 spiro atoms. The molecule has 94 valence electrons. The van der Waals surface area contributed by atoms with Gasteiger partial charge in [-0.25, -0.2) is 0 Å². The number of fused-ring (bicyclic) bond motifs is 2. The molecule has 0 unspecified atom stereocenters. The van der Waals surface area contributed by atoms with Gasteiger partial charge in [0, 0.05) is 15.3 Å². The zero-order valence-corrected chi connectivity index (χ0v) is 12.1. The molecule has 0 bridgehead atoms. The predicted molar refractivity (Wildman–Crippen MR) is 88.0 cm³/mol. The second kappa shape index (κ2) is 6.09. The molecule has 4 rings (SSSR count). The van der Waals surface area contributed by atoms with Crippen LogP contribution < -0.4 is 0 Å². The highest BCUT2D eigenvalue weighted by Crippen LogP contribution is 2.27. The highest BCUT2D eigenvalue weighted by atomic mass is 32.2. The summed E-state index contributed by atoms with van der Waals surface area (Å²) in [5.74, 6) is 1.12. The molecule has 1 aliphatic heterocycles. The van der Waals surface area contributed by atoms with Gasteiger partial charge < -0.3 is 0 Å². The van der Waals surface area contributed by atoms with Crippen molar-refractivity contribution in [3.63, 3.8) is 0 Å². The Morgan fingerprint density at radius 2 is 1.68 bits per heavy atom. The summed E-state index contributed by atoms with van der Waals surface area (Å²) < 4.78 is 1.37. The predicted octanol–water partition coefficient (Wildman–Crippen LogP) is 5.71. The minimum Gasteiger partial charge on any atom is -0.144 e. The fourth-order valence-electron chi connectivity index (χ4n) is 1.97. The third kappa shape index (κ3) is 3.09. The first-order valence-corrected chi connectivity index (χ1v) is 8.10. The lowest BCUT2D eigenvalue weighted by molar-refractivity contribution is 1.40. The maximum absolute atomic E-state index is 2.20. The summed E-state index contributed by atoms with van der Waals surface area (Å²) in [6, 6.07) is 19.0. The molecule has 0 aliphatic carbocycles. The highest BCUT2D eigenvalue weighted by Gasteiger charge is 2.00. The van der Waals surface area contributed by atoms with Crippen molar-refractivity contribution in [2.45, 2.75) is 4.90 Å². The van der Waals surface area contributed by atoms with Gasteiger partial charge in [-0.3, -0.25) is 0 Å². The number of hydrogen-bond acceptors (Lipinski definition) is 2. The Hall–Kier alpha value is -1.51. The van der Waals surface area contributed by atoms with Crippen LogP contribution in [0, 0.1) is 0 Å². The van der Waals surface area contributed by atoms with Gasteiger partial charge in [-0.15, -0.1) is 23.1 Å². The first-order chi connectivity index (χ1) is 9.43. The van der Waals surface area contributed by atoms with E-state index in [0.717, 1.165) is 5.75 Å². The van der Waals surface area contributed by atoms with Crippen molar-refractivity contribution in [3.8, 4) is 0 Å². The van der Waals surface area contributed by atoms with Crippen molar-refractivity contribution >= 4 is 39.3 Å². The van der Waals surface area contributed by atoms with Crippen molar-refractivity contribution in [2.24, 2.45) is 0 Å². The van der Waals surface area contributed by atoms with Gasteiger partial charge in [-0.2, -0.15) is 0 Å². The normalized spacial score (nSPS) is 12.6. The fraction of sp³-hybridized carbons (Fsp3) is 0.0588. The Kier molecular flexibility index (Phi) is 4.01. The van der Waals surface area contributed by atoms with Gasteiger partial charge in [0.25, 0.3) is 0 Å². The number of thioether (sulfide) groups is 1. The molecule has 19 heavy (non-hydrogen) atoms. The van der Waals surface area contributed by atoms with Gasteiger partial charge in [0.1, 0.15) is 0 Å². The second-order valence-electron chi connectivity index (χ2n) is 4.21. The van der Waals surface area contributed by atoms with Crippen LogP contribution in [0.15, 0.2) is 70.9 Å². The van der Waals surface area contributed by atoms with Crippen molar-refractivity contribution in [1.29, 1.82) is 0 Å². The topological polar surface area (TPSA) is 0 Å². The van der Waals surface area contributed by atoms with E-state index in [0.29, 0.717) is 0 Å². The Balaban J connectivity index is 0.000000117. The molecule has 3 aromatic rings. The van der Waals surface area contributed by atoms with E-state index in [1.807, 2.05) is 11.8 Å². The SMILES string of the molecule is C1=Cc2ccccc2SC1.c1ccc2sccc2c1. The van der Waals surface area contributed by atoms with Gasteiger partial charge in [0.05, 0.1) is 0 Å². The van der Waals surface area contributed by atoms with E-state index in [4.69, 9.17) is 0 Å². The van der Waals surface area contributed by atoms with Crippen LogP contribution in [0.1, 0.15) is 5.56 Å². The minimum atomic E-state index is 1.12. The lowest BCUT2D eigenvalue weighted by Gasteiger charge is -2.07. The van der Waals surface area contributed by atoms with Crippen LogP contribution in [0.3, 0.4) is 0 Å². The molecule has 0 nitrogen and oxygen atoms in total. The van der Waals surface area contributed by atoms with Crippen LogP contribution in [0.25, 0.3) is 16.2 Å². The van der Waals surface area contributed by atoms with E-state index in [1.165, 1.54) is 20.5 Å². The van der Waals surface area contributed by atoms with Crippen LogP contribution in [0.5, 0.6) is 0 Å². The summed E-state index contributed by atoms with van der Waals surface area (Å²) in [6.07, 6.45) is 4.39. The molecule has 0 amide bonds. The smallest absolute Gasteiger partial charge is 0.0342 e. The number of benzene rings is 2. The highest BCUT2D eigenvalue weighted by molar-refractivity contribution is 7.99. The second-order valence-corrected chi connectivity index (χ2v) is 6.22. The van der Waals surface area contributed by atoms with E-state index in [-0.39, 0.29) is 0 Å². The third-order valence-electron chi connectivity index (χ3n) is 2.91. The van der Waals surface area contributed by atoms with E-state index in [9.17, 15) is 0 Å². The number of hydrogen-bond donors (Lipinski definition) is 0. The maximum Gasteiger partial charge on any atom is 0.0342 e. The zero-order chi connectivity index (χ0) is 12.9. The van der Waals surface area contributed by atoms with Crippen molar-refractivity contribution in [2.75, 3.05) is 5.75 Å². The van der Waals surface area contributed by atoms with E-state index in [2.05, 4.69) is 72.1 Å². The molecular formula is C17H14S2. The first kappa shape index (κ1) is 12.5. The summed E-state index contributed by atoms with van der Waals surface area (Å²) in [4.78, 5) is 1.41. The van der Waals surface area contributed by atoms with Crippen molar-refractivity contribution in [1.82, 2.24) is 0 Å². The summed E-state index contributed by atoms with van der Waals surface area (Å²) >= 11 is 3.69. The van der Waals surface area contributed by atoms with Crippen molar-refractivity contribution in [3.05, 3.63) is 71.6 Å². The van der Waals surface area contributed by atoms with Gasteiger partial charge in [-0.05, 0) is 34.5 Å². The summed E-state index contributed by atoms with van der Waals surface area (Å²) in [5.41, 5.74) is 1.36. The van der Waals surface area contributed by atoms with E-state index < -0.39 is 0 Å². The standard InChI is InChI=1S/C9H8S.C8H6S/c1-2-6-9-8(4-1)5-3-7-10-9;1-2-4-8-7(3-1)5-6-9-8/h1-6H,7H2;1-6H. The molecule has 0 N–H and O–H groups in total. The summed E-state index contributed by atoms with van der Waals surface area (Å²) in [7, 11) is 0. The largest absolute Gasteiger partial charge is 0.144 e. The Bertz CT molecular complexity index is 665. The van der Waals surface area contributed by atoms with Crippen molar-refractivity contribution < 1.29 is 0 Å². The monoisotopic (exact) mass is 282 g/mol. The van der Waals surface area contributed by atoms with Gasteiger partial charge in [0.2, 0.25) is 0 Å². The molecule has 1 aliphatic rings. The lowest BCUT2D eigenvalue weighted by atomic mass is 10.2. The lowest BCUT2D eigenvalue weighted by Crippen LogP contribution is -1.84.